The minimum Gasteiger partial charge on any atom is -0.497 e. The Labute approximate surface area is 190 Å². The first-order chi connectivity index (χ1) is 16.0. The molecule has 33 heavy (non-hydrogen) atoms. The summed E-state index contributed by atoms with van der Waals surface area (Å²) in [6.45, 7) is 4.23. The van der Waals surface area contributed by atoms with Gasteiger partial charge < -0.3 is 14.8 Å². The number of non-ortho nitro benzene ring substituents is 1. The number of nitrogens with one attached hydrogen (secondary N) is 1. The fourth-order valence-corrected chi connectivity index (χ4v) is 3.64. The van der Waals surface area contributed by atoms with E-state index >= 15 is 0 Å². The summed E-state index contributed by atoms with van der Waals surface area (Å²) in [5, 5.41) is 18.8. The molecule has 1 fully saturated rings. The zero-order chi connectivity index (χ0) is 23.2. The van der Waals surface area contributed by atoms with Gasteiger partial charge in [0.25, 0.3) is 11.6 Å². The van der Waals surface area contributed by atoms with Gasteiger partial charge in [0.15, 0.2) is 0 Å². The number of hydrogen-bond donors (Lipinski definition) is 1. The van der Waals surface area contributed by atoms with Crippen molar-refractivity contribution in [1.82, 2.24) is 20.0 Å². The van der Waals surface area contributed by atoms with Crippen molar-refractivity contribution >= 4 is 11.6 Å². The molecule has 2 heterocycles. The lowest BCUT2D eigenvalue weighted by molar-refractivity contribution is -0.384. The molecule has 0 radical (unpaired) electrons. The molecule has 0 bridgehead atoms. The lowest BCUT2D eigenvalue weighted by atomic mass is 10.1. The van der Waals surface area contributed by atoms with Crippen molar-refractivity contribution in [3.05, 3.63) is 70.4 Å². The van der Waals surface area contributed by atoms with Crippen molar-refractivity contribution in [3.63, 3.8) is 0 Å². The maximum Gasteiger partial charge on any atom is 0.271 e. The van der Waals surface area contributed by atoms with E-state index in [-0.39, 0.29) is 17.3 Å². The highest BCUT2D eigenvalue weighted by atomic mass is 16.6. The predicted molar refractivity (Wildman–Crippen MR) is 122 cm³/mol. The van der Waals surface area contributed by atoms with E-state index in [0.29, 0.717) is 43.4 Å². The summed E-state index contributed by atoms with van der Waals surface area (Å²) in [5.41, 5.74) is 1.95. The van der Waals surface area contributed by atoms with E-state index in [1.165, 1.54) is 16.8 Å². The van der Waals surface area contributed by atoms with Crippen LogP contribution in [0.5, 0.6) is 5.75 Å². The Morgan fingerprint density at radius 1 is 1.18 bits per heavy atom. The molecular weight excluding hydrogens is 426 g/mol. The van der Waals surface area contributed by atoms with Gasteiger partial charge in [0.05, 0.1) is 36.6 Å². The van der Waals surface area contributed by atoms with E-state index < -0.39 is 4.92 Å². The van der Waals surface area contributed by atoms with Crippen LogP contribution in [0.2, 0.25) is 0 Å². The van der Waals surface area contributed by atoms with Crippen molar-refractivity contribution in [2.24, 2.45) is 0 Å². The van der Waals surface area contributed by atoms with Crippen molar-refractivity contribution in [2.45, 2.75) is 0 Å². The summed E-state index contributed by atoms with van der Waals surface area (Å²) in [6, 6.07) is 15.1. The van der Waals surface area contributed by atoms with Gasteiger partial charge >= 0.3 is 0 Å². The maximum absolute atomic E-state index is 13.1. The zero-order valence-electron chi connectivity index (χ0n) is 18.3. The van der Waals surface area contributed by atoms with Gasteiger partial charge in [-0.1, -0.05) is 18.2 Å². The molecule has 2 aromatic carbocycles. The molecule has 10 nitrogen and oxygen atoms in total. The van der Waals surface area contributed by atoms with Crippen LogP contribution in [0.15, 0.2) is 54.6 Å². The fraction of sp³-hybridized carbons (Fsp3) is 0.304. The van der Waals surface area contributed by atoms with Crippen molar-refractivity contribution in [1.29, 1.82) is 0 Å². The normalized spacial score (nSPS) is 14.1. The molecule has 10 heteroatoms. The number of ether oxygens (including phenoxy) is 2. The first-order valence-corrected chi connectivity index (χ1v) is 10.6. The average Bonchev–Trinajstić information content (AvgIpc) is 3.30. The number of methoxy groups -OCH3 is 1. The van der Waals surface area contributed by atoms with Gasteiger partial charge in [-0.25, -0.2) is 4.68 Å². The van der Waals surface area contributed by atoms with Crippen molar-refractivity contribution in [3.8, 4) is 22.7 Å². The van der Waals surface area contributed by atoms with Gasteiger partial charge in [0.2, 0.25) is 0 Å². The number of aromatic nitrogens is 2. The minimum absolute atomic E-state index is 0.0791. The maximum atomic E-state index is 13.1. The Bertz CT molecular complexity index is 1140. The second-order valence-corrected chi connectivity index (χ2v) is 7.55. The van der Waals surface area contributed by atoms with E-state index in [1.54, 1.807) is 25.3 Å². The third-order valence-electron chi connectivity index (χ3n) is 5.41. The summed E-state index contributed by atoms with van der Waals surface area (Å²) in [5.74, 6) is 0.352. The minimum atomic E-state index is -0.474. The lowest BCUT2D eigenvalue weighted by Gasteiger charge is -2.26. The molecule has 1 aliphatic heterocycles. The molecule has 0 atom stereocenters. The monoisotopic (exact) mass is 451 g/mol. The van der Waals surface area contributed by atoms with Gasteiger partial charge in [0, 0.05) is 43.9 Å². The van der Waals surface area contributed by atoms with Crippen molar-refractivity contribution < 1.29 is 19.2 Å². The largest absolute Gasteiger partial charge is 0.497 e. The summed E-state index contributed by atoms with van der Waals surface area (Å²) < 4.78 is 12.1. The van der Waals surface area contributed by atoms with Crippen LogP contribution in [0.25, 0.3) is 16.9 Å². The number of rotatable bonds is 8. The Morgan fingerprint density at radius 3 is 2.73 bits per heavy atom. The van der Waals surface area contributed by atoms with Crippen LogP contribution in [0, 0.1) is 10.1 Å². The topological polar surface area (TPSA) is 112 Å². The van der Waals surface area contributed by atoms with E-state index in [2.05, 4.69) is 15.3 Å². The summed E-state index contributed by atoms with van der Waals surface area (Å²) >= 11 is 0. The van der Waals surface area contributed by atoms with Crippen LogP contribution in [0.4, 0.5) is 5.69 Å². The number of amides is 1. The van der Waals surface area contributed by atoms with E-state index in [9.17, 15) is 14.9 Å². The van der Waals surface area contributed by atoms with Crippen molar-refractivity contribution in [2.75, 3.05) is 46.5 Å². The van der Waals surface area contributed by atoms with Gasteiger partial charge in [-0.05, 0) is 24.3 Å². The first kappa shape index (κ1) is 22.4. The lowest BCUT2D eigenvalue weighted by Crippen LogP contribution is -2.41. The molecule has 1 N–H and O–H groups in total. The van der Waals surface area contributed by atoms with E-state index in [4.69, 9.17) is 9.47 Å². The number of nitro groups is 1. The number of nitrogens with zero attached hydrogens (tertiary/aromatic N) is 4. The molecule has 172 valence electrons. The number of hydrogen-bond acceptors (Lipinski definition) is 7. The number of carbonyl (C=O) groups excluding carboxylic acids is 1. The quantitative estimate of drug-likeness (QED) is 0.414. The predicted octanol–water partition coefficient (Wildman–Crippen LogP) is 2.52. The van der Waals surface area contributed by atoms with Crippen LogP contribution in [-0.4, -0.2) is 72.0 Å². The van der Waals surface area contributed by atoms with Gasteiger partial charge in [-0.2, -0.15) is 5.10 Å². The van der Waals surface area contributed by atoms with Crippen LogP contribution in [-0.2, 0) is 4.74 Å². The van der Waals surface area contributed by atoms with Gasteiger partial charge in [-0.15, -0.1) is 0 Å². The second kappa shape index (κ2) is 10.2. The van der Waals surface area contributed by atoms with E-state index in [0.717, 1.165) is 18.7 Å². The number of nitro benzene ring substituents is 1. The van der Waals surface area contributed by atoms with Crippen LogP contribution < -0.4 is 10.1 Å². The summed E-state index contributed by atoms with van der Waals surface area (Å²) in [4.78, 5) is 26.1. The second-order valence-electron chi connectivity index (χ2n) is 7.55. The van der Waals surface area contributed by atoms with Gasteiger partial charge in [-0.3, -0.25) is 19.8 Å². The Morgan fingerprint density at radius 2 is 1.97 bits per heavy atom. The number of morpholine rings is 1. The standard InChI is InChI=1S/C23H25N5O5/c1-32-20-7-2-4-17(14-20)21-16-22(23(29)24-8-9-26-10-12-33-13-11-26)27(25-21)18-5-3-6-19(15-18)28(30)31/h2-7,14-16H,8-13H2,1H3,(H,24,29). The molecule has 0 saturated carbocycles. The molecule has 1 aliphatic rings. The van der Waals surface area contributed by atoms with Gasteiger partial charge in [0.1, 0.15) is 11.4 Å². The molecule has 0 aliphatic carbocycles. The molecule has 1 saturated heterocycles. The summed E-state index contributed by atoms with van der Waals surface area (Å²) in [7, 11) is 1.58. The fourth-order valence-electron chi connectivity index (χ4n) is 3.64. The zero-order valence-corrected chi connectivity index (χ0v) is 18.3. The molecular formula is C23H25N5O5. The van der Waals surface area contributed by atoms with E-state index in [1.807, 2.05) is 24.3 Å². The van der Waals surface area contributed by atoms with Crippen LogP contribution in [0.3, 0.4) is 0 Å². The Hall–Kier alpha value is -3.76. The smallest absolute Gasteiger partial charge is 0.271 e. The highest BCUT2D eigenvalue weighted by molar-refractivity contribution is 5.94. The molecule has 0 unspecified atom stereocenters. The first-order valence-electron chi connectivity index (χ1n) is 10.6. The molecule has 3 aromatic rings. The Balaban J connectivity index is 1.63. The molecule has 1 aromatic heterocycles. The SMILES string of the molecule is COc1cccc(-c2cc(C(=O)NCCN3CCOCC3)n(-c3cccc([N+](=O)[O-])c3)n2)c1. The third-order valence-corrected chi connectivity index (χ3v) is 5.41. The van der Waals surface area contributed by atoms with Crippen LogP contribution in [0.1, 0.15) is 10.5 Å². The number of benzene rings is 2. The Kier molecular flexibility index (Phi) is 6.96. The highest BCUT2D eigenvalue weighted by Crippen LogP contribution is 2.26. The average molecular weight is 451 g/mol. The molecule has 4 rings (SSSR count). The molecule has 0 spiro atoms. The third kappa shape index (κ3) is 5.36. The van der Waals surface area contributed by atoms with Crippen LogP contribution >= 0.6 is 0 Å². The highest BCUT2D eigenvalue weighted by Gasteiger charge is 2.20. The number of carbonyl (C=O) groups is 1. The molecule has 1 amide bonds. The summed E-state index contributed by atoms with van der Waals surface area (Å²) in [6.07, 6.45) is 0.